The molecule has 6 heteroatoms. The van der Waals surface area contributed by atoms with Gasteiger partial charge in [0.05, 0.1) is 5.56 Å². The molecule has 0 unspecified atom stereocenters. The number of halogens is 1. The molecular formula is C10H8BrN3O2. The van der Waals surface area contributed by atoms with Gasteiger partial charge in [0.25, 0.3) is 5.91 Å². The number of oxazole rings is 1. The van der Waals surface area contributed by atoms with Gasteiger partial charge in [0.15, 0.2) is 5.69 Å². The molecule has 0 saturated carbocycles. The smallest absolute Gasteiger partial charge is 0.273 e. The van der Waals surface area contributed by atoms with E-state index < -0.39 is 5.91 Å². The second-order valence-electron chi connectivity index (χ2n) is 3.08. The maximum atomic E-state index is 11.0. The number of amides is 1. The molecule has 2 rings (SSSR count). The third kappa shape index (κ3) is 1.79. The van der Waals surface area contributed by atoms with Crippen LogP contribution in [0.25, 0.3) is 11.5 Å². The number of rotatable bonds is 2. The van der Waals surface area contributed by atoms with Crippen LogP contribution in [0.15, 0.2) is 33.2 Å². The fraction of sp³-hybridized carbons (Fsp3) is 0. The normalized spacial score (nSPS) is 10.3. The number of benzene rings is 1. The van der Waals surface area contributed by atoms with E-state index in [2.05, 4.69) is 20.9 Å². The zero-order valence-corrected chi connectivity index (χ0v) is 9.69. The SMILES string of the molecule is NC(=O)c1nc(-c2ccccc2Br)oc1N. The van der Waals surface area contributed by atoms with E-state index in [1.807, 2.05) is 18.2 Å². The van der Waals surface area contributed by atoms with Crippen molar-refractivity contribution in [1.29, 1.82) is 0 Å². The van der Waals surface area contributed by atoms with Gasteiger partial charge in [-0.3, -0.25) is 4.79 Å². The third-order valence-corrected chi connectivity index (χ3v) is 2.68. The predicted octanol–water partition coefficient (Wildman–Crippen LogP) is 1.79. The molecule has 1 amide bonds. The van der Waals surface area contributed by atoms with Crippen molar-refractivity contribution in [1.82, 2.24) is 4.98 Å². The van der Waals surface area contributed by atoms with Gasteiger partial charge in [-0.1, -0.05) is 12.1 Å². The molecule has 0 saturated heterocycles. The predicted molar refractivity (Wildman–Crippen MR) is 62.6 cm³/mol. The van der Waals surface area contributed by atoms with E-state index in [9.17, 15) is 4.79 Å². The van der Waals surface area contributed by atoms with Crippen molar-refractivity contribution in [2.45, 2.75) is 0 Å². The Labute approximate surface area is 99.6 Å². The summed E-state index contributed by atoms with van der Waals surface area (Å²) >= 11 is 3.35. The Bertz CT molecular complexity index is 551. The molecule has 0 bridgehead atoms. The van der Waals surface area contributed by atoms with Crippen LogP contribution in [0.1, 0.15) is 10.5 Å². The molecule has 2 aromatic rings. The number of hydrogen-bond acceptors (Lipinski definition) is 4. The van der Waals surface area contributed by atoms with Crippen molar-refractivity contribution in [3.05, 3.63) is 34.4 Å². The average Bonchev–Trinajstić information content (AvgIpc) is 2.61. The number of nitrogens with two attached hydrogens (primary N) is 2. The minimum atomic E-state index is -0.709. The quantitative estimate of drug-likeness (QED) is 0.877. The molecule has 5 nitrogen and oxygen atoms in total. The molecule has 0 atom stereocenters. The number of carbonyl (C=O) groups is 1. The third-order valence-electron chi connectivity index (χ3n) is 1.99. The highest BCUT2D eigenvalue weighted by Gasteiger charge is 2.17. The van der Waals surface area contributed by atoms with Crippen LogP contribution in [-0.4, -0.2) is 10.9 Å². The first kappa shape index (κ1) is 10.7. The molecule has 1 aromatic carbocycles. The molecule has 1 aromatic heterocycles. The van der Waals surface area contributed by atoms with Gasteiger partial charge in [0.2, 0.25) is 11.8 Å². The van der Waals surface area contributed by atoms with Crippen molar-refractivity contribution in [2.24, 2.45) is 5.73 Å². The van der Waals surface area contributed by atoms with E-state index in [4.69, 9.17) is 15.9 Å². The van der Waals surface area contributed by atoms with Crippen molar-refractivity contribution in [3.63, 3.8) is 0 Å². The number of nitrogens with zero attached hydrogens (tertiary/aromatic N) is 1. The van der Waals surface area contributed by atoms with E-state index in [-0.39, 0.29) is 17.5 Å². The van der Waals surface area contributed by atoms with Crippen molar-refractivity contribution < 1.29 is 9.21 Å². The van der Waals surface area contributed by atoms with E-state index >= 15 is 0 Å². The Morgan fingerprint density at radius 1 is 1.38 bits per heavy atom. The maximum absolute atomic E-state index is 11.0. The van der Waals surface area contributed by atoms with Crippen LogP contribution in [-0.2, 0) is 0 Å². The molecule has 4 N–H and O–H groups in total. The van der Waals surface area contributed by atoms with Crippen LogP contribution >= 0.6 is 15.9 Å². The summed E-state index contributed by atoms with van der Waals surface area (Å²) in [4.78, 5) is 14.9. The van der Waals surface area contributed by atoms with Crippen molar-refractivity contribution in [3.8, 4) is 11.5 Å². The summed E-state index contributed by atoms with van der Waals surface area (Å²) in [5.41, 5.74) is 11.2. The standard InChI is InChI=1S/C10H8BrN3O2/c11-6-4-2-1-3-5(6)10-14-7(8(12)15)9(13)16-10/h1-4H,13H2,(H2,12,15). The molecule has 0 aliphatic carbocycles. The molecule has 1 heterocycles. The zero-order chi connectivity index (χ0) is 11.7. The molecule has 0 fully saturated rings. The summed E-state index contributed by atoms with van der Waals surface area (Å²) in [5.74, 6) is -0.517. The molecule has 16 heavy (non-hydrogen) atoms. The fourth-order valence-corrected chi connectivity index (χ4v) is 1.71. The summed E-state index contributed by atoms with van der Waals surface area (Å²) in [6.07, 6.45) is 0. The van der Waals surface area contributed by atoms with Gasteiger partial charge >= 0.3 is 0 Å². The lowest BCUT2D eigenvalue weighted by molar-refractivity contribution is 0.0996. The van der Waals surface area contributed by atoms with Gasteiger partial charge in [0, 0.05) is 4.47 Å². The first-order valence-electron chi connectivity index (χ1n) is 4.40. The van der Waals surface area contributed by atoms with Crippen LogP contribution in [0.4, 0.5) is 5.88 Å². The van der Waals surface area contributed by atoms with Gasteiger partial charge in [-0.15, -0.1) is 0 Å². The minimum absolute atomic E-state index is 0.0502. The van der Waals surface area contributed by atoms with Gasteiger partial charge in [-0.25, -0.2) is 4.98 Å². The number of nitrogen functional groups attached to an aromatic ring is 1. The molecule has 0 radical (unpaired) electrons. The summed E-state index contributed by atoms with van der Waals surface area (Å²) in [6.45, 7) is 0. The Kier molecular flexibility index (Phi) is 2.66. The molecular weight excluding hydrogens is 274 g/mol. The highest BCUT2D eigenvalue weighted by molar-refractivity contribution is 9.10. The number of hydrogen-bond donors (Lipinski definition) is 2. The first-order chi connectivity index (χ1) is 7.59. The fourth-order valence-electron chi connectivity index (χ4n) is 1.26. The van der Waals surface area contributed by atoms with E-state index in [0.29, 0.717) is 5.56 Å². The summed E-state index contributed by atoms with van der Waals surface area (Å²) in [5, 5.41) is 0. The lowest BCUT2D eigenvalue weighted by Gasteiger charge is -1.97. The molecule has 0 spiro atoms. The molecule has 82 valence electrons. The number of aromatic nitrogens is 1. The first-order valence-corrected chi connectivity index (χ1v) is 5.20. The van der Waals surface area contributed by atoms with E-state index in [1.165, 1.54) is 0 Å². The molecule has 0 aliphatic rings. The Hall–Kier alpha value is -1.82. The van der Waals surface area contributed by atoms with Crippen LogP contribution < -0.4 is 11.5 Å². The van der Waals surface area contributed by atoms with Gasteiger partial charge in [0.1, 0.15) is 0 Å². The number of carbonyl (C=O) groups excluding carboxylic acids is 1. The Morgan fingerprint density at radius 2 is 2.06 bits per heavy atom. The van der Waals surface area contributed by atoms with E-state index in [1.54, 1.807) is 6.07 Å². The Morgan fingerprint density at radius 3 is 2.62 bits per heavy atom. The lowest BCUT2D eigenvalue weighted by Crippen LogP contribution is -2.13. The largest absolute Gasteiger partial charge is 0.420 e. The number of primary amides is 1. The van der Waals surface area contributed by atoms with Crippen LogP contribution in [0.3, 0.4) is 0 Å². The average molecular weight is 282 g/mol. The second kappa shape index (κ2) is 3.97. The van der Waals surface area contributed by atoms with Gasteiger partial charge in [-0.2, -0.15) is 0 Å². The van der Waals surface area contributed by atoms with Gasteiger partial charge in [-0.05, 0) is 28.1 Å². The second-order valence-corrected chi connectivity index (χ2v) is 3.93. The van der Waals surface area contributed by atoms with Crippen LogP contribution in [0.5, 0.6) is 0 Å². The van der Waals surface area contributed by atoms with Gasteiger partial charge < -0.3 is 15.9 Å². The summed E-state index contributed by atoms with van der Waals surface area (Å²) < 4.78 is 5.98. The lowest BCUT2D eigenvalue weighted by atomic mass is 10.2. The Balaban J connectivity index is 2.54. The van der Waals surface area contributed by atoms with Crippen LogP contribution in [0.2, 0.25) is 0 Å². The zero-order valence-electron chi connectivity index (χ0n) is 8.11. The van der Waals surface area contributed by atoms with Crippen LogP contribution in [0, 0.1) is 0 Å². The summed E-state index contributed by atoms with van der Waals surface area (Å²) in [7, 11) is 0. The highest BCUT2D eigenvalue weighted by Crippen LogP contribution is 2.29. The topological polar surface area (TPSA) is 95.1 Å². The minimum Gasteiger partial charge on any atom is -0.420 e. The summed E-state index contributed by atoms with van der Waals surface area (Å²) in [6, 6.07) is 7.30. The monoisotopic (exact) mass is 281 g/mol. The van der Waals surface area contributed by atoms with E-state index in [0.717, 1.165) is 4.47 Å². The number of anilines is 1. The molecule has 0 aliphatic heterocycles. The van der Waals surface area contributed by atoms with Crippen molar-refractivity contribution in [2.75, 3.05) is 5.73 Å². The highest BCUT2D eigenvalue weighted by atomic mass is 79.9. The maximum Gasteiger partial charge on any atom is 0.273 e. The van der Waals surface area contributed by atoms with Crippen molar-refractivity contribution >= 4 is 27.7 Å².